The van der Waals surface area contributed by atoms with Crippen LogP contribution in [0.25, 0.3) is 0 Å². The quantitative estimate of drug-likeness (QED) is 0.906. The number of benzene rings is 2. The zero-order valence-corrected chi connectivity index (χ0v) is 11.8. The van der Waals surface area contributed by atoms with Gasteiger partial charge in [0, 0.05) is 17.0 Å². The molecule has 0 spiro atoms. The van der Waals surface area contributed by atoms with E-state index in [-0.39, 0.29) is 17.6 Å². The van der Waals surface area contributed by atoms with E-state index >= 15 is 0 Å². The van der Waals surface area contributed by atoms with E-state index in [1.807, 2.05) is 12.1 Å². The lowest BCUT2D eigenvalue weighted by atomic mass is 9.89. The van der Waals surface area contributed by atoms with Gasteiger partial charge in [0.1, 0.15) is 5.82 Å². The Bertz CT molecular complexity index is 712. The molecule has 2 aromatic carbocycles. The van der Waals surface area contributed by atoms with Gasteiger partial charge in [-0.3, -0.25) is 4.79 Å². The predicted molar refractivity (Wildman–Crippen MR) is 79.9 cm³/mol. The Morgan fingerprint density at radius 1 is 1.19 bits per heavy atom. The predicted octanol–water partition coefficient (Wildman–Crippen LogP) is 3.49. The second-order valence-corrected chi connectivity index (χ2v) is 5.29. The summed E-state index contributed by atoms with van der Waals surface area (Å²) in [5.41, 5.74) is 4.70. The molecule has 106 valence electrons. The molecule has 0 bridgehead atoms. The number of hydrogen-bond donors (Lipinski definition) is 1. The van der Waals surface area contributed by atoms with E-state index in [2.05, 4.69) is 10.5 Å². The first-order valence-corrected chi connectivity index (χ1v) is 6.89. The molecule has 3 nitrogen and oxygen atoms in total. The minimum atomic E-state index is -0.349. The van der Waals surface area contributed by atoms with Gasteiger partial charge in [0.15, 0.2) is 0 Å². The maximum Gasteiger partial charge on any atom is 0.248 e. The van der Waals surface area contributed by atoms with Gasteiger partial charge in [0.05, 0.1) is 11.6 Å². The van der Waals surface area contributed by atoms with Crippen LogP contribution in [0.2, 0.25) is 5.02 Å². The molecule has 0 fully saturated rings. The Kier molecular flexibility index (Phi) is 3.71. The first-order valence-electron chi connectivity index (χ1n) is 6.51. The van der Waals surface area contributed by atoms with Gasteiger partial charge in [-0.15, -0.1) is 0 Å². The fourth-order valence-corrected chi connectivity index (χ4v) is 2.47. The molecule has 0 aliphatic carbocycles. The second-order valence-electron chi connectivity index (χ2n) is 4.85. The summed E-state index contributed by atoms with van der Waals surface area (Å²) in [6.45, 7) is 0. The molecular weight excluding hydrogens is 291 g/mol. The van der Waals surface area contributed by atoms with Crippen LogP contribution >= 0.6 is 11.6 Å². The number of hydrazone groups is 1. The molecule has 1 N–H and O–H groups in total. The van der Waals surface area contributed by atoms with Gasteiger partial charge in [0.2, 0.25) is 5.91 Å². The summed E-state index contributed by atoms with van der Waals surface area (Å²) in [6, 6.07) is 13.3. The van der Waals surface area contributed by atoms with Crippen LogP contribution in [-0.4, -0.2) is 11.6 Å². The van der Waals surface area contributed by atoms with Gasteiger partial charge in [-0.25, -0.2) is 9.82 Å². The third kappa shape index (κ3) is 2.95. The SMILES string of the molecule is O=C1NN=C(c2cccc(F)c2)CC1c1ccc(Cl)cc1. The molecule has 1 unspecified atom stereocenters. The van der Waals surface area contributed by atoms with Crippen molar-refractivity contribution in [3.05, 3.63) is 70.5 Å². The highest BCUT2D eigenvalue weighted by Gasteiger charge is 2.27. The molecule has 1 atom stereocenters. The minimum absolute atomic E-state index is 0.169. The van der Waals surface area contributed by atoms with Crippen LogP contribution < -0.4 is 5.43 Å². The zero-order chi connectivity index (χ0) is 14.8. The van der Waals surface area contributed by atoms with Crippen molar-refractivity contribution >= 4 is 23.2 Å². The van der Waals surface area contributed by atoms with Crippen molar-refractivity contribution in [2.75, 3.05) is 0 Å². The molecule has 1 aliphatic heterocycles. The summed E-state index contributed by atoms with van der Waals surface area (Å²) in [5, 5.41) is 4.66. The van der Waals surface area contributed by atoms with E-state index in [9.17, 15) is 9.18 Å². The normalized spacial score (nSPS) is 18.1. The Balaban J connectivity index is 1.90. The van der Waals surface area contributed by atoms with E-state index in [4.69, 9.17) is 11.6 Å². The van der Waals surface area contributed by atoms with Gasteiger partial charge in [-0.05, 0) is 29.8 Å². The van der Waals surface area contributed by atoms with Crippen molar-refractivity contribution in [1.29, 1.82) is 0 Å². The fourth-order valence-electron chi connectivity index (χ4n) is 2.35. The third-order valence-electron chi connectivity index (χ3n) is 3.45. The molecule has 0 saturated heterocycles. The molecule has 0 radical (unpaired) electrons. The van der Waals surface area contributed by atoms with Crippen molar-refractivity contribution in [2.24, 2.45) is 5.10 Å². The highest BCUT2D eigenvalue weighted by atomic mass is 35.5. The lowest BCUT2D eigenvalue weighted by Gasteiger charge is -2.22. The Morgan fingerprint density at radius 2 is 1.95 bits per heavy atom. The van der Waals surface area contributed by atoms with Gasteiger partial charge in [-0.1, -0.05) is 35.9 Å². The summed E-state index contributed by atoms with van der Waals surface area (Å²) in [5.74, 6) is -0.842. The van der Waals surface area contributed by atoms with Crippen molar-refractivity contribution in [3.8, 4) is 0 Å². The minimum Gasteiger partial charge on any atom is -0.272 e. The lowest BCUT2D eigenvalue weighted by Crippen LogP contribution is -2.33. The molecule has 0 aromatic heterocycles. The van der Waals surface area contributed by atoms with E-state index in [1.165, 1.54) is 12.1 Å². The number of amides is 1. The number of nitrogens with one attached hydrogen (secondary N) is 1. The summed E-state index contributed by atoms with van der Waals surface area (Å²) in [4.78, 5) is 12.0. The molecular formula is C16H12ClFN2O. The van der Waals surface area contributed by atoms with Crippen LogP contribution in [0.4, 0.5) is 4.39 Å². The lowest BCUT2D eigenvalue weighted by molar-refractivity contribution is -0.122. The maximum absolute atomic E-state index is 13.3. The van der Waals surface area contributed by atoms with E-state index in [1.54, 1.807) is 24.3 Å². The van der Waals surface area contributed by atoms with Gasteiger partial charge in [0.25, 0.3) is 0 Å². The third-order valence-corrected chi connectivity index (χ3v) is 3.70. The second kappa shape index (κ2) is 5.66. The molecule has 1 aliphatic rings. The van der Waals surface area contributed by atoms with Crippen LogP contribution in [0.15, 0.2) is 53.6 Å². The largest absolute Gasteiger partial charge is 0.272 e. The Hall–Kier alpha value is -2.20. The van der Waals surface area contributed by atoms with Crippen LogP contribution in [-0.2, 0) is 4.79 Å². The van der Waals surface area contributed by atoms with Gasteiger partial charge in [-0.2, -0.15) is 5.10 Å². The average molecular weight is 303 g/mol. The topological polar surface area (TPSA) is 41.5 Å². The van der Waals surface area contributed by atoms with Crippen molar-refractivity contribution < 1.29 is 9.18 Å². The highest BCUT2D eigenvalue weighted by molar-refractivity contribution is 6.30. The monoisotopic (exact) mass is 302 g/mol. The standard InChI is InChI=1S/C16H12ClFN2O/c17-12-6-4-10(5-7-12)14-9-15(19-20-16(14)21)11-2-1-3-13(18)8-11/h1-8,14H,9H2,(H,20,21). The van der Waals surface area contributed by atoms with Crippen molar-refractivity contribution in [3.63, 3.8) is 0 Å². The average Bonchev–Trinajstić information content (AvgIpc) is 2.49. The molecule has 2 aromatic rings. The summed E-state index contributed by atoms with van der Waals surface area (Å²) >= 11 is 5.86. The number of halogens is 2. The Labute approximate surface area is 126 Å². The number of nitrogens with zero attached hydrogens (tertiary/aromatic N) is 1. The molecule has 0 saturated carbocycles. The van der Waals surface area contributed by atoms with Crippen LogP contribution in [0, 0.1) is 5.82 Å². The van der Waals surface area contributed by atoms with E-state index in [0.717, 1.165) is 5.56 Å². The van der Waals surface area contributed by atoms with Gasteiger partial charge >= 0.3 is 0 Å². The van der Waals surface area contributed by atoms with Crippen LogP contribution in [0.1, 0.15) is 23.5 Å². The Morgan fingerprint density at radius 3 is 2.67 bits per heavy atom. The number of carbonyl (C=O) groups is 1. The number of carbonyl (C=O) groups excluding carboxylic acids is 1. The van der Waals surface area contributed by atoms with Gasteiger partial charge < -0.3 is 0 Å². The molecule has 5 heteroatoms. The van der Waals surface area contributed by atoms with Crippen molar-refractivity contribution in [2.45, 2.75) is 12.3 Å². The van der Waals surface area contributed by atoms with E-state index < -0.39 is 0 Å². The van der Waals surface area contributed by atoms with Crippen molar-refractivity contribution in [1.82, 2.24) is 5.43 Å². The first kappa shape index (κ1) is 13.8. The summed E-state index contributed by atoms with van der Waals surface area (Å²) < 4.78 is 13.3. The van der Waals surface area contributed by atoms with Crippen LogP contribution in [0.3, 0.4) is 0 Å². The highest BCUT2D eigenvalue weighted by Crippen LogP contribution is 2.26. The van der Waals surface area contributed by atoms with E-state index in [0.29, 0.717) is 22.7 Å². The number of rotatable bonds is 2. The molecule has 21 heavy (non-hydrogen) atoms. The maximum atomic E-state index is 13.3. The number of hydrogen-bond acceptors (Lipinski definition) is 2. The summed E-state index contributed by atoms with van der Waals surface area (Å²) in [6.07, 6.45) is 0.427. The molecule has 1 amide bonds. The molecule has 3 rings (SSSR count). The molecule has 1 heterocycles. The first-order chi connectivity index (χ1) is 10.1. The summed E-state index contributed by atoms with van der Waals surface area (Å²) in [7, 11) is 0. The zero-order valence-electron chi connectivity index (χ0n) is 11.0. The fraction of sp³-hybridized carbons (Fsp3) is 0.125. The smallest absolute Gasteiger partial charge is 0.248 e. The van der Waals surface area contributed by atoms with Crippen LogP contribution in [0.5, 0.6) is 0 Å².